The van der Waals surface area contributed by atoms with Crippen LogP contribution in [0.2, 0.25) is 0 Å². The fourth-order valence-electron chi connectivity index (χ4n) is 0.619. The Morgan fingerprint density at radius 1 is 1.27 bits per heavy atom. The molecule has 0 N–H and O–H groups in total. The van der Waals surface area contributed by atoms with E-state index in [-0.39, 0.29) is 0 Å². The van der Waals surface area contributed by atoms with E-state index >= 15 is 0 Å². The molecule has 0 bridgehead atoms. The van der Waals surface area contributed by atoms with Gasteiger partial charge in [-0.3, -0.25) is 0 Å². The van der Waals surface area contributed by atoms with Gasteiger partial charge in [0.25, 0.3) is 0 Å². The van der Waals surface area contributed by atoms with Crippen molar-refractivity contribution in [2.75, 3.05) is 0 Å². The summed E-state index contributed by atoms with van der Waals surface area (Å²) in [4.78, 5) is 1.17. The molecule has 0 radical (unpaired) electrons. The number of rotatable bonds is 1. The summed E-state index contributed by atoms with van der Waals surface area (Å²) in [5.41, 5.74) is 0. The second-order valence-electron chi connectivity index (χ2n) is 1.87. The van der Waals surface area contributed by atoms with E-state index in [0.717, 1.165) is 0 Å². The summed E-state index contributed by atoms with van der Waals surface area (Å²) in [6.07, 6.45) is 1.59. The largest absolute Gasteiger partial charge is 0.0906 e. The van der Waals surface area contributed by atoms with Crippen molar-refractivity contribution in [3.8, 4) is 11.2 Å². The van der Waals surface area contributed by atoms with Gasteiger partial charge >= 0.3 is 0 Å². The third kappa shape index (κ3) is 2.97. The number of benzene rings is 1. The second kappa shape index (κ2) is 4.65. The molecule has 0 aliphatic carbocycles. The highest BCUT2D eigenvalue weighted by Gasteiger charge is 1.84. The standard InChI is InChI=1S/C10H8S/c1-2-3-9-11-10-7-5-4-6-8-10/h2,4-8H,1H2. The molecule has 0 aromatic heterocycles. The van der Waals surface area contributed by atoms with Crippen LogP contribution in [0.5, 0.6) is 0 Å². The van der Waals surface area contributed by atoms with Gasteiger partial charge in [-0.2, -0.15) is 0 Å². The predicted octanol–water partition coefficient (Wildman–Crippen LogP) is 2.93. The van der Waals surface area contributed by atoms with E-state index < -0.39 is 0 Å². The minimum absolute atomic E-state index is 1.17. The van der Waals surface area contributed by atoms with Gasteiger partial charge in [0.05, 0.1) is 0 Å². The van der Waals surface area contributed by atoms with Crippen LogP contribution in [-0.2, 0) is 0 Å². The van der Waals surface area contributed by atoms with Gasteiger partial charge in [-0.25, -0.2) is 0 Å². The summed E-state index contributed by atoms with van der Waals surface area (Å²) in [6.45, 7) is 3.50. The lowest BCUT2D eigenvalue weighted by molar-refractivity contribution is 1.48. The molecule has 11 heavy (non-hydrogen) atoms. The van der Waals surface area contributed by atoms with E-state index in [0.29, 0.717) is 0 Å². The Hall–Kier alpha value is -1.13. The first kappa shape index (κ1) is 7.97. The molecule has 54 valence electrons. The highest BCUT2D eigenvalue weighted by atomic mass is 32.2. The molecular formula is C10H8S. The number of thioether (sulfide) groups is 1. The minimum Gasteiger partial charge on any atom is -0.0906 e. The number of allylic oxidation sites excluding steroid dienone is 1. The maximum absolute atomic E-state index is 3.50. The van der Waals surface area contributed by atoms with E-state index in [1.54, 1.807) is 6.08 Å². The van der Waals surface area contributed by atoms with Crippen LogP contribution in [0.3, 0.4) is 0 Å². The summed E-state index contributed by atoms with van der Waals surface area (Å²) >= 11 is 1.51. The van der Waals surface area contributed by atoms with Crippen LogP contribution in [0.25, 0.3) is 0 Å². The van der Waals surface area contributed by atoms with Crippen LogP contribution >= 0.6 is 11.8 Å². The van der Waals surface area contributed by atoms with Crippen molar-refractivity contribution in [1.82, 2.24) is 0 Å². The van der Waals surface area contributed by atoms with Gasteiger partial charge in [-0.1, -0.05) is 30.7 Å². The molecule has 1 aromatic rings. The summed E-state index contributed by atoms with van der Waals surface area (Å²) in [6, 6.07) is 10.0. The van der Waals surface area contributed by atoms with Crippen molar-refractivity contribution in [3.05, 3.63) is 43.0 Å². The third-order valence-electron chi connectivity index (χ3n) is 1.07. The Labute approximate surface area is 71.3 Å². The van der Waals surface area contributed by atoms with Crippen molar-refractivity contribution >= 4 is 11.8 Å². The van der Waals surface area contributed by atoms with Gasteiger partial charge in [0.2, 0.25) is 0 Å². The van der Waals surface area contributed by atoms with E-state index in [1.165, 1.54) is 16.7 Å². The molecule has 1 aromatic carbocycles. The molecular weight excluding hydrogens is 152 g/mol. The first-order valence-electron chi connectivity index (χ1n) is 3.27. The summed E-state index contributed by atoms with van der Waals surface area (Å²) in [5.74, 6) is 2.77. The average Bonchev–Trinajstić information content (AvgIpc) is 2.07. The molecule has 0 aliphatic heterocycles. The summed E-state index contributed by atoms with van der Waals surface area (Å²) in [5, 5.41) is 2.90. The molecule has 0 saturated carbocycles. The molecule has 0 nitrogen and oxygen atoms in total. The Balaban J connectivity index is 2.58. The average molecular weight is 160 g/mol. The summed E-state index contributed by atoms with van der Waals surface area (Å²) < 4.78 is 0. The first-order valence-corrected chi connectivity index (χ1v) is 4.08. The van der Waals surface area contributed by atoms with Crippen molar-refractivity contribution in [3.63, 3.8) is 0 Å². The second-order valence-corrected chi connectivity index (χ2v) is 2.75. The zero-order valence-electron chi connectivity index (χ0n) is 6.08. The van der Waals surface area contributed by atoms with Crippen LogP contribution < -0.4 is 0 Å². The molecule has 0 atom stereocenters. The van der Waals surface area contributed by atoms with Crippen molar-refractivity contribution in [2.24, 2.45) is 0 Å². The van der Waals surface area contributed by atoms with Gasteiger partial charge in [-0.15, -0.1) is 0 Å². The molecule has 0 heterocycles. The third-order valence-corrected chi connectivity index (χ3v) is 1.80. The number of hydrogen-bond donors (Lipinski definition) is 0. The fraction of sp³-hybridized carbons (Fsp3) is 0. The van der Waals surface area contributed by atoms with E-state index in [4.69, 9.17) is 0 Å². The molecule has 0 spiro atoms. The SMILES string of the molecule is C=CC#CSc1ccccc1. The topological polar surface area (TPSA) is 0 Å². The van der Waals surface area contributed by atoms with Crippen molar-refractivity contribution in [1.29, 1.82) is 0 Å². The van der Waals surface area contributed by atoms with Gasteiger partial charge in [-0.05, 0) is 35.2 Å². The van der Waals surface area contributed by atoms with Gasteiger partial charge in [0.15, 0.2) is 0 Å². The minimum atomic E-state index is 1.17. The highest BCUT2D eigenvalue weighted by molar-refractivity contribution is 8.03. The van der Waals surface area contributed by atoms with E-state index in [2.05, 4.69) is 17.8 Å². The zero-order valence-corrected chi connectivity index (χ0v) is 6.90. The number of hydrogen-bond acceptors (Lipinski definition) is 1. The van der Waals surface area contributed by atoms with Gasteiger partial charge in [0.1, 0.15) is 0 Å². The van der Waals surface area contributed by atoms with Crippen LogP contribution in [-0.4, -0.2) is 0 Å². The van der Waals surface area contributed by atoms with Crippen LogP contribution in [0.1, 0.15) is 0 Å². The Bertz CT molecular complexity index is 277. The van der Waals surface area contributed by atoms with Crippen molar-refractivity contribution in [2.45, 2.75) is 4.90 Å². The van der Waals surface area contributed by atoms with Gasteiger partial charge in [0, 0.05) is 4.90 Å². The molecule has 0 aliphatic rings. The highest BCUT2D eigenvalue weighted by Crippen LogP contribution is 2.14. The first-order chi connectivity index (χ1) is 5.43. The van der Waals surface area contributed by atoms with Crippen molar-refractivity contribution < 1.29 is 0 Å². The zero-order chi connectivity index (χ0) is 7.94. The van der Waals surface area contributed by atoms with E-state index in [1.807, 2.05) is 30.3 Å². The molecule has 0 saturated heterocycles. The van der Waals surface area contributed by atoms with Crippen LogP contribution in [0.4, 0.5) is 0 Å². The maximum atomic E-state index is 3.50. The Morgan fingerprint density at radius 2 is 2.00 bits per heavy atom. The molecule has 0 unspecified atom stereocenters. The van der Waals surface area contributed by atoms with Crippen LogP contribution in [0.15, 0.2) is 47.9 Å². The lowest BCUT2D eigenvalue weighted by Gasteiger charge is -1.89. The molecule has 0 amide bonds. The summed E-state index contributed by atoms with van der Waals surface area (Å²) in [7, 11) is 0. The molecule has 1 heteroatoms. The molecule has 0 fully saturated rings. The smallest absolute Gasteiger partial charge is 0.0203 e. The normalized spacial score (nSPS) is 8.00. The Kier molecular flexibility index (Phi) is 3.37. The lowest BCUT2D eigenvalue weighted by Crippen LogP contribution is -1.63. The maximum Gasteiger partial charge on any atom is 0.0203 e. The molecule has 1 rings (SSSR count). The fourth-order valence-corrected chi connectivity index (χ4v) is 1.17. The predicted molar refractivity (Wildman–Crippen MR) is 50.3 cm³/mol. The lowest BCUT2D eigenvalue weighted by atomic mass is 10.4. The van der Waals surface area contributed by atoms with Gasteiger partial charge < -0.3 is 0 Å². The van der Waals surface area contributed by atoms with E-state index in [9.17, 15) is 0 Å². The van der Waals surface area contributed by atoms with Crippen LogP contribution in [0, 0.1) is 11.2 Å². The Morgan fingerprint density at radius 3 is 2.64 bits per heavy atom. The quantitative estimate of drug-likeness (QED) is 0.449. The monoisotopic (exact) mass is 160 g/mol.